The van der Waals surface area contributed by atoms with Crippen molar-refractivity contribution in [2.75, 3.05) is 13.1 Å². The van der Waals surface area contributed by atoms with Crippen LogP contribution in [-0.4, -0.2) is 50.5 Å². The molecule has 2 saturated heterocycles. The number of para-hydroxylation sites is 2. The van der Waals surface area contributed by atoms with Crippen molar-refractivity contribution in [1.29, 1.82) is 0 Å². The van der Waals surface area contributed by atoms with Gasteiger partial charge in [0.15, 0.2) is 0 Å². The van der Waals surface area contributed by atoms with Crippen LogP contribution in [0, 0.1) is 0 Å². The predicted octanol–water partition coefficient (Wildman–Crippen LogP) is -0.459. The number of aryl methyl sites for hydroxylation is 1. The van der Waals surface area contributed by atoms with Crippen molar-refractivity contribution in [3.8, 4) is 0 Å². The Bertz CT molecular complexity index is 981. The minimum atomic E-state index is -0.913. The van der Waals surface area contributed by atoms with E-state index >= 15 is 0 Å². The third kappa shape index (κ3) is 2.39. The number of carbonyl (C=O) groups is 3. The number of benzene rings is 1. The molecule has 136 valence electrons. The summed E-state index contributed by atoms with van der Waals surface area (Å²) in [5, 5.41) is 4.92. The maximum atomic E-state index is 12.7. The van der Waals surface area contributed by atoms with E-state index in [0.29, 0.717) is 31.4 Å². The third-order valence-electron chi connectivity index (χ3n) is 5.33. The Morgan fingerprint density at radius 2 is 1.77 bits per heavy atom. The van der Waals surface area contributed by atoms with Gasteiger partial charge in [-0.15, -0.1) is 0 Å². The van der Waals surface area contributed by atoms with Gasteiger partial charge in [0, 0.05) is 20.1 Å². The molecule has 9 heteroatoms. The minimum absolute atomic E-state index is 0.0499. The van der Waals surface area contributed by atoms with Crippen LogP contribution in [0.15, 0.2) is 29.1 Å². The molecule has 9 nitrogen and oxygen atoms in total. The quantitative estimate of drug-likeness (QED) is 0.710. The highest BCUT2D eigenvalue weighted by Crippen LogP contribution is 2.25. The van der Waals surface area contributed by atoms with E-state index in [1.165, 1.54) is 9.13 Å². The second-order valence-corrected chi connectivity index (χ2v) is 6.79. The van der Waals surface area contributed by atoms with E-state index in [1.807, 2.05) is 24.3 Å². The number of hydrogen-bond acceptors (Lipinski definition) is 4. The number of likely N-dealkylation sites (tertiary alicyclic amines) is 1. The molecule has 1 aromatic heterocycles. The fourth-order valence-corrected chi connectivity index (χ4v) is 3.77. The first-order valence-electron chi connectivity index (χ1n) is 8.47. The number of fused-ring (bicyclic) bond motifs is 1. The second-order valence-electron chi connectivity index (χ2n) is 6.79. The fraction of sp³-hybridized carbons (Fsp3) is 0.412. The van der Waals surface area contributed by atoms with Gasteiger partial charge in [0.25, 0.3) is 5.91 Å². The number of carbonyl (C=O) groups excluding carboxylic acids is 3. The molecule has 1 aromatic carbocycles. The molecule has 4 amide bonds. The molecular weight excluding hydrogens is 338 g/mol. The number of piperidine rings is 1. The van der Waals surface area contributed by atoms with Gasteiger partial charge in [0.2, 0.25) is 5.91 Å². The molecule has 2 aliphatic heterocycles. The van der Waals surface area contributed by atoms with Gasteiger partial charge in [-0.25, -0.2) is 9.59 Å². The zero-order valence-corrected chi connectivity index (χ0v) is 14.3. The molecule has 1 spiro atoms. The number of hydrogen-bond donors (Lipinski definition) is 2. The number of imide groups is 1. The largest absolute Gasteiger partial charge is 0.341 e. The normalized spacial score (nSPS) is 19.0. The first-order chi connectivity index (χ1) is 12.4. The fourth-order valence-electron chi connectivity index (χ4n) is 3.77. The van der Waals surface area contributed by atoms with Gasteiger partial charge in [-0.1, -0.05) is 12.1 Å². The van der Waals surface area contributed by atoms with Crippen LogP contribution in [0.5, 0.6) is 0 Å². The van der Waals surface area contributed by atoms with Crippen molar-refractivity contribution >= 4 is 28.9 Å². The highest BCUT2D eigenvalue weighted by atomic mass is 16.2. The van der Waals surface area contributed by atoms with Gasteiger partial charge < -0.3 is 10.2 Å². The smallest absolute Gasteiger partial charge is 0.329 e. The van der Waals surface area contributed by atoms with Gasteiger partial charge >= 0.3 is 11.7 Å². The summed E-state index contributed by atoms with van der Waals surface area (Å²) >= 11 is 0. The standard InChI is InChI=1S/C17H19N5O4/c1-20-11-4-2-3-5-12(11)22(16(20)26)10-13(23)21-8-6-17(7-9-21)14(24)18-15(25)19-17/h2-5H,6-10H2,1H3,(H2,18,19,24,25). The summed E-state index contributed by atoms with van der Waals surface area (Å²) in [6.07, 6.45) is 0.724. The van der Waals surface area contributed by atoms with Crippen molar-refractivity contribution in [2.24, 2.45) is 7.05 Å². The number of nitrogens with one attached hydrogen (secondary N) is 2. The molecule has 2 N–H and O–H groups in total. The van der Waals surface area contributed by atoms with E-state index in [2.05, 4.69) is 10.6 Å². The Balaban J connectivity index is 1.51. The highest BCUT2D eigenvalue weighted by Gasteiger charge is 2.48. The lowest BCUT2D eigenvalue weighted by atomic mass is 9.88. The van der Waals surface area contributed by atoms with Gasteiger partial charge in [-0.05, 0) is 25.0 Å². The van der Waals surface area contributed by atoms with Gasteiger partial charge in [0.1, 0.15) is 12.1 Å². The van der Waals surface area contributed by atoms with Gasteiger partial charge in [-0.2, -0.15) is 0 Å². The van der Waals surface area contributed by atoms with Crippen LogP contribution in [0.2, 0.25) is 0 Å². The first-order valence-corrected chi connectivity index (χ1v) is 8.47. The SMILES string of the molecule is Cn1c(=O)n(CC(=O)N2CCC3(CC2)NC(=O)NC3=O)c2ccccc21. The molecule has 4 rings (SSSR count). The molecule has 0 unspecified atom stereocenters. The summed E-state index contributed by atoms with van der Waals surface area (Å²) in [4.78, 5) is 50.1. The van der Waals surface area contributed by atoms with Crippen LogP contribution in [0.4, 0.5) is 4.79 Å². The summed E-state index contributed by atoms with van der Waals surface area (Å²) in [7, 11) is 1.68. The Labute approximate surface area is 148 Å². The zero-order valence-electron chi connectivity index (χ0n) is 14.3. The Morgan fingerprint density at radius 1 is 1.12 bits per heavy atom. The van der Waals surface area contributed by atoms with Crippen molar-refractivity contribution in [1.82, 2.24) is 24.7 Å². The topological polar surface area (TPSA) is 105 Å². The summed E-state index contributed by atoms with van der Waals surface area (Å²) < 4.78 is 2.98. The number of imidazole rings is 1. The molecule has 0 aliphatic carbocycles. The number of nitrogens with zero attached hydrogens (tertiary/aromatic N) is 3. The van der Waals surface area contributed by atoms with E-state index in [4.69, 9.17) is 0 Å². The molecule has 2 aromatic rings. The van der Waals surface area contributed by atoms with Gasteiger partial charge in [0.05, 0.1) is 11.0 Å². The predicted molar refractivity (Wildman–Crippen MR) is 92.4 cm³/mol. The van der Waals surface area contributed by atoms with Crippen LogP contribution in [0.1, 0.15) is 12.8 Å². The van der Waals surface area contributed by atoms with Crippen molar-refractivity contribution in [3.63, 3.8) is 0 Å². The van der Waals surface area contributed by atoms with Crippen molar-refractivity contribution in [3.05, 3.63) is 34.7 Å². The lowest BCUT2D eigenvalue weighted by Crippen LogP contribution is -2.56. The molecule has 0 saturated carbocycles. The zero-order chi connectivity index (χ0) is 18.5. The Morgan fingerprint density at radius 3 is 2.38 bits per heavy atom. The van der Waals surface area contributed by atoms with E-state index in [1.54, 1.807) is 11.9 Å². The summed E-state index contributed by atoms with van der Waals surface area (Å²) in [5.74, 6) is -0.511. The van der Waals surface area contributed by atoms with Crippen LogP contribution in [0.3, 0.4) is 0 Å². The van der Waals surface area contributed by atoms with E-state index in [-0.39, 0.29) is 24.0 Å². The molecule has 26 heavy (non-hydrogen) atoms. The molecule has 3 heterocycles. The molecule has 2 aliphatic rings. The summed E-state index contributed by atoms with van der Waals surface area (Å²) in [6.45, 7) is 0.657. The summed E-state index contributed by atoms with van der Waals surface area (Å²) in [6, 6.07) is 6.84. The van der Waals surface area contributed by atoms with Crippen molar-refractivity contribution in [2.45, 2.75) is 24.9 Å². The number of amides is 4. The molecular formula is C17H19N5O4. The Hall–Kier alpha value is -3.10. The maximum absolute atomic E-state index is 12.7. The van der Waals surface area contributed by atoms with Gasteiger partial charge in [-0.3, -0.25) is 24.0 Å². The van der Waals surface area contributed by atoms with Crippen LogP contribution < -0.4 is 16.3 Å². The minimum Gasteiger partial charge on any atom is -0.341 e. The number of rotatable bonds is 2. The number of aromatic nitrogens is 2. The third-order valence-corrected chi connectivity index (χ3v) is 5.33. The Kier molecular flexibility index (Phi) is 3.60. The van der Waals surface area contributed by atoms with E-state index < -0.39 is 11.6 Å². The molecule has 0 radical (unpaired) electrons. The number of urea groups is 1. The van der Waals surface area contributed by atoms with Crippen LogP contribution in [-0.2, 0) is 23.2 Å². The lowest BCUT2D eigenvalue weighted by molar-refractivity contribution is -0.136. The van der Waals surface area contributed by atoms with Crippen LogP contribution >= 0.6 is 0 Å². The highest BCUT2D eigenvalue weighted by molar-refractivity contribution is 6.07. The average molecular weight is 357 g/mol. The molecule has 2 fully saturated rings. The lowest BCUT2D eigenvalue weighted by Gasteiger charge is -2.37. The van der Waals surface area contributed by atoms with E-state index in [0.717, 1.165) is 5.52 Å². The molecule has 0 atom stereocenters. The van der Waals surface area contributed by atoms with Crippen molar-refractivity contribution < 1.29 is 14.4 Å². The summed E-state index contributed by atoms with van der Waals surface area (Å²) in [5.41, 5.74) is 0.331. The first kappa shape index (κ1) is 16.4. The second kappa shape index (κ2) is 5.72. The average Bonchev–Trinajstić information content (AvgIpc) is 3.04. The van der Waals surface area contributed by atoms with Crippen LogP contribution in [0.25, 0.3) is 11.0 Å². The maximum Gasteiger partial charge on any atom is 0.329 e. The monoisotopic (exact) mass is 357 g/mol. The molecule has 0 bridgehead atoms. The van der Waals surface area contributed by atoms with E-state index in [9.17, 15) is 19.2 Å².